The number of halogens is 3. The van der Waals surface area contributed by atoms with E-state index in [0.29, 0.717) is 0 Å². The summed E-state index contributed by atoms with van der Waals surface area (Å²) in [4.78, 5) is 13.8. The molecule has 0 unspecified atom stereocenters. The standard InChI is InChI=1S/C7H4ClF2NO2/c8-5-4(6(9)10)3(7(12)13)1-2-11-5/h1-2,6H,(H,12,13). The zero-order valence-corrected chi connectivity index (χ0v) is 6.92. The normalized spacial score (nSPS) is 10.5. The summed E-state index contributed by atoms with van der Waals surface area (Å²) in [6.07, 6.45) is -1.87. The van der Waals surface area contributed by atoms with Crippen LogP contribution < -0.4 is 0 Å². The lowest BCUT2D eigenvalue weighted by Crippen LogP contribution is -2.04. The van der Waals surface area contributed by atoms with Crippen molar-refractivity contribution >= 4 is 17.6 Å². The molecule has 0 spiro atoms. The molecule has 0 fully saturated rings. The average molecular weight is 208 g/mol. The summed E-state index contributed by atoms with van der Waals surface area (Å²) in [5, 5.41) is 8.04. The van der Waals surface area contributed by atoms with Crippen molar-refractivity contribution in [1.29, 1.82) is 0 Å². The Morgan fingerprint density at radius 2 is 2.23 bits per heavy atom. The van der Waals surface area contributed by atoms with Gasteiger partial charge in [0.05, 0.1) is 11.1 Å². The fourth-order valence-electron chi connectivity index (χ4n) is 0.842. The van der Waals surface area contributed by atoms with E-state index < -0.39 is 28.7 Å². The Kier molecular flexibility index (Phi) is 2.77. The van der Waals surface area contributed by atoms with Crippen molar-refractivity contribution in [1.82, 2.24) is 4.98 Å². The number of rotatable bonds is 2. The number of carboxylic acid groups (broad SMARTS) is 1. The van der Waals surface area contributed by atoms with Gasteiger partial charge in [-0.1, -0.05) is 11.6 Å². The number of hydrogen-bond acceptors (Lipinski definition) is 2. The summed E-state index contributed by atoms with van der Waals surface area (Å²) in [7, 11) is 0. The molecule has 0 radical (unpaired) electrons. The van der Waals surface area contributed by atoms with Crippen LogP contribution in [0.15, 0.2) is 12.3 Å². The van der Waals surface area contributed by atoms with E-state index in [-0.39, 0.29) is 0 Å². The van der Waals surface area contributed by atoms with E-state index in [9.17, 15) is 13.6 Å². The highest BCUT2D eigenvalue weighted by Gasteiger charge is 2.21. The van der Waals surface area contributed by atoms with Crippen LogP contribution in [0, 0.1) is 0 Å². The van der Waals surface area contributed by atoms with Crippen molar-refractivity contribution in [2.45, 2.75) is 6.43 Å². The number of hydrogen-bond donors (Lipinski definition) is 1. The van der Waals surface area contributed by atoms with Crippen LogP contribution in [0.5, 0.6) is 0 Å². The molecule has 0 aliphatic heterocycles. The molecule has 0 aromatic carbocycles. The number of carboxylic acids is 1. The van der Waals surface area contributed by atoms with Gasteiger partial charge in [-0.2, -0.15) is 0 Å². The summed E-state index contributed by atoms with van der Waals surface area (Å²) < 4.78 is 24.5. The van der Waals surface area contributed by atoms with E-state index in [4.69, 9.17) is 16.7 Å². The average Bonchev–Trinajstić information content (AvgIpc) is 2.02. The van der Waals surface area contributed by atoms with E-state index in [2.05, 4.69) is 4.98 Å². The van der Waals surface area contributed by atoms with E-state index >= 15 is 0 Å². The minimum absolute atomic E-state index is 0.477. The molecule has 1 N–H and O–H groups in total. The maximum absolute atomic E-state index is 12.3. The van der Waals surface area contributed by atoms with Gasteiger partial charge >= 0.3 is 5.97 Å². The molecular weight excluding hydrogens is 204 g/mol. The molecule has 1 aromatic rings. The van der Waals surface area contributed by atoms with Gasteiger partial charge in [0.2, 0.25) is 0 Å². The Morgan fingerprint density at radius 3 is 2.62 bits per heavy atom. The number of alkyl halides is 2. The first-order chi connectivity index (χ1) is 6.04. The Labute approximate surface area is 77.0 Å². The largest absolute Gasteiger partial charge is 0.478 e. The van der Waals surface area contributed by atoms with E-state index in [1.807, 2.05) is 0 Å². The predicted molar refractivity (Wildman–Crippen MR) is 41.2 cm³/mol. The second kappa shape index (κ2) is 3.66. The fraction of sp³-hybridized carbons (Fsp3) is 0.143. The van der Waals surface area contributed by atoms with Crippen molar-refractivity contribution in [2.24, 2.45) is 0 Å². The maximum atomic E-state index is 12.3. The number of nitrogens with zero attached hydrogens (tertiary/aromatic N) is 1. The summed E-state index contributed by atoms with van der Waals surface area (Å²) in [6, 6.07) is 0.982. The third-order valence-electron chi connectivity index (χ3n) is 1.39. The van der Waals surface area contributed by atoms with Crippen LogP contribution in [0.2, 0.25) is 5.15 Å². The van der Waals surface area contributed by atoms with Gasteiger partial charge in [0, 0.05) is 6.20 Å². The van der Waals surface area contributed by atoms with Gasteiger partial charge in [0.15, 0.2) is 0 Å². The first-order valence-corrected chi connectivity index (χ1v) is 3.57. The fourth-order valence-corrected chi connectivity index (χ4v) is 1.08. The molecule has 0 bridgehead atoms. The van der Waals surface area contributed by atoms with Crippen molar-refractivity contribution in [3.05, 3.63) is 28.5 Å². The first kappa shape index (κ1) is 9.85. The molecule has 3 nitrogen and oxygen atoms in total. The smallest absolute Gasteiger partial charge is 0.336 e. The number of carbonyl (C=O) groups is 1. The van der Waals surface area contributed by atoms with Gasteiger partial charge < -0.3 is 5.11 Å². The molecule has 0 saturated carbocycles. The molecule has 0 amide bonds. The molecule has 1 heterocycles. The van der Waals surface area contributed by atoms with Crippen molar-refractivity contribution in [3.63, 3.8) is 0 Å². The van der Waals surface area contributed by atoms with Gasteiger partial charge in [0.25, 0.3) is 6.43 Å². The molecule has 0 aliphatic rings. The Bertz CT molecular complexity index is 343. The van der Waals surface area contributed by atoms with Crippen LogP contribution in [0.4, 0.5) is 8.78 Å². The SMILES string of the molecule is O=C(O)c1ccnc(Cl)c1C(F)F. The molecule has 0 aliphatic carbocycles. The van der Waals surface area contributed by atoms with Crippen molar-refractivity contribution in [3.8, 4) is 0 Å². The van der Waals surface area contributed by atoms with Crippen LogP contribution in [0.25, 0.3) is 0 Å². The summed E-state index contributed by atoms with van der Waals surface area (Å²) in [5.74, 6) is -1.44. The zero-order valence-electron chi connectivity index (χ0n) is 6.17. The van der Waals surface area contributed by atoms with Gasteiger partial charge in [-0.05, 0) is 6.07 Å². The van der Waals surface area contributed by atoms with Gasteiger partial charge in [-0.3, -0.25) is 0 Å². The van der Waals surface area contributed by atoms with Crippen molar-refractivity contribution in [2.75, 3.05) is 0 Å². The Balaban J connectivity index is 3.34. The molecule has 13 heavy (non-hydrogen) atoms. The van der Waals surface area contributed by atoms with E-state index in [1.165, 1.54) is 0 Å². The minimum atomic E-state index is -2.94. The number of aromatic nitrogens is 1. The minimum Gasteiger partial charge on any atom is -0.478 e. The van der Waals surface area contributed by atoms with Crippen LogP contribution >= 0.6 is 11.6 Å². The lowest BCUT2D eigenvalue weighted by atomic mass is 10.1. The Hall–Kier alpha value is -1.23. The van der Waals surface area contributed by atoms with Gasteiger partial charge in [-0.15, -0.1) is 0 Å². The zero-order chi connectivity index (χ0) is 10.0. The van der Waals surface area contributed by atoms with E-state index in [0.717, 1.165) is 12.3 Å². The number of pyridine rings is 1. The first-order valence-electron chi connectivity index (χ1n) is 3.20. The Morgan fingerprint density at radius 1 is 1.62 bits per heavy atom. The van der Waals surface area contributed by atoms with Crippen LogP contribution in [-0.2, 0) is 0 Å². The van der Waals surface area contributed by atoms with E-state index in [1.54, 1.807) is 0 Å². The summed E-state index contributed by atoms with van der Waals surface area (Å²) in [5.41, 5.74) is -1.26. The van der Waals surface area contributed by atoms with Gasteiger partial charge in [-0.25, -0.2) is 18.6 Å². The molecule has 6 heteroatoms. The second-order valence-electron chi connectivity index (χ2n) is 2.17. The van der Waals surface area contributed by atoms with Crippen LogP contribution in [0.1, 0.15) is 22.3 Å². The van der Waals surface area contributed by atoms with Gasteiger partial charge in [0.1, 0.15) is 5.15 Å². The molecule has 1 aromatic heterocycles. The topological polar surface area (TPSA) is 50.2 Å². The third-order valence-corrected chi connectivity index (χ3v) is 1.69. The molecule has 0 saturated heterocycles. The highest BCUT2D eigenvalue weighted by atomic mass is 35.5. The molecule has 0 atom stereocenters. The third kappa shape index (κ3) is 1.92. The highest BCUT2D eigenvalue weighted by Crippen LogP contribution is 2.28. The monoisotopic (exact) mass is 207 g/mol. The van der Waals surface area contributed by atoms with Crippen LogP contribution in [0.3, 0.4) is 0 Å². The van der Waals surface area contributed by atoms with Crippen LogP contribution in [-0.4, -0.2) is 16.1 Å². The highest BCUT2D eigenvalue weighted by molar-refractivity contribution is 6.30. The quantitative estimate of drug-likeness (QED) is 0.758. The predicted octanol–water partition coefficient (Wildman–Crippen LogP) is 2.37. The molecule has 1 rings (SSSR count). The second-order valence-corrected chi connectivity index (χ2v) is 2.53. The summed E-state index contributed by atoms with van der Waals surface area (Å²) in [6.45, 7) is 0. The summed E-state index contributed by atoms with van der Waals surface area (Å²) >= 11 is 5.31. The van der Waals surface area contributed by atoms with Crippen molar-refractivity contribution < 1.29 is 18.7 Å². The molecular formula is C7H4ClF2NO2. The lowest BCUT2D eigenvalue weighted by Gasteiger charge is -2.05. The lowest BCUT2D eigenvalue weighted by molar-refractivity contribution is 0.0684. The number of aromatic carboxylic acids is 1. The molecule has 70 valence electrons. The maximum Gasteiger partial charge on any atom is 0.336 e.